The molecule has 3 aromatic rings. The summed E-state index contributed by atoms with van der Waals surface area (Å²) in [6, 6.07) is 1.83. The molecule has 0 spiro atoms. The lowest BCUT2D eigenvalue weighted by atomic mass is 10.2. The number of fused-ring (bicyclic) bond motifs is 1. The zero-order chi connectivity index (χ0) is 15.0. The van der Waals surface area contributed by atoms with E-state index in [0.29, 0.717) is 22.8 Å². The van der Waals surface area contributed by atoms with Crippen molar-refractivity contribution in [3.8, 4) is 0 Å². The van der Waals surface area contributed by atoms with E-state index in [0.717, 1.165) is 28.2 Å². The van der Waals surface area contributed by atoms with Gasteiger partial charge in [-0.2, -0.15) is 0 Å². The van der Waals surface area contributed by atoms with Gasteiger partial charge in [0.05, 0.1) is 11.9 Å². The zero-order valence-electron chi connectivity index (χ0n) is 11.4. The van der Waals surface area contributed by atoms with Crippen LogP contribution in [0.4, 0.5) is 5.82 Å². The summed E-state index contributed by atoms with van der Waals surface area (Å²) in [6.45, 7) is 4.03. The predicted molar refractivity (Wildman–Crippen MR) is 77.7 cm³/mol. The van der Waals surface area contributed by atoms with Crippen molar-refractivity contribution in [2.24, 2.45) is 0 Å². The van der Waals surface area contributed by atoms with Crippen LogP contribution in [0.1, 0.15) is 26.7 Å². The molecule has 0 radical (unpaired) electrons. The Morgan fingerprint density at radius 1 is 1.43 bits per heavy atom. The van der Waals surface area contributed by atoms with Gasteiger partial charge in [0.15, 0.2) is 0 Å². The quantitative estimate of drug-likeness (QED) is 0.764. The highest BCUT2D eigenvalue weighted by atomic mass is 32.1. The molecule has 8 heteroatoms. The number of anilines is 1. The van der Waals surface area contributed by atoms with E-state index in [-0.39, 0.29) is 4.88 Å². The van der Waals surface area contributed by atoms with E-state index in [1.165, 1.54) is 6.33 Å². The topological polar surface area (TPSA) is 101 Å². The Morgan fingerprint density at radius 2 is 2.24 bits per heavy atom. The number of hydrogen-bond donors (Lipinski definition) is 2. The van der Waals surface area contributed by atoms with Crippen LogP contribution in [0.25, 0.3) is 10.2 Å². The second-order valence-corrected chi connectivity index (χ2v) is 5.55. The maximum atomic E-state index is 11.2. The Hall–Kier alpha value is -2.48. The van der Waals surface area contributed by atoms with Gasteiger partial charge in [-0.05, 0) is 19.4 Å². The molecule has 0 fully saturated rings. The third-order valence-corrected chi connectivity index (χ3v) is 4.22. The fraction of sp³-hybridized carbons (Fsp3) is 0.231. The molecule has 0 unspecified atom stereocenters. The molecule has 2 N–H and O–H groups in total. The first-order chi connectivity index (χ1) is 10.1. The average molecular weight is 304 g/mol. The van der Waals surface area contributed by atoms with E-state index < -0.39 is 5.97 Å². The summed E-state index contributed by atoms with van der Waals surface area (Å²) in [5, 5.41) is 17.0. The van der Waals surface area contributed by atoms with Gasteiger partial charge in [0.2, 0.25) is 0 Å². The van der Waals surface area contributed by atoms with Gasteiger partial charge < -0.3 is 14.9 Å². The van der Waals surface area contributed by atoms with Gasteiger partial charge in [-0.25, -0.2) is 14.8 Å². The number of hydrogen-bond acceptors (Lipinski definition) is 7. The number of rotatable bonds is 4. The molecule has 3 heterocycles. The molecule has 0 saturated heterocycles. The third-order valence-electron chi connectivity index (χ3n) is 3.03. The van der Waals surface area contributed by atoms with Crippen molar-refractivity contribution in [1.29, 1.82) is 0 Å². The summed E-state index contributed by atoms with van der Waals surface area (Å²) >= 11 is 1.15. The van der Waals surface area contributed by atoms with Crippen molar-refractivity contribution >= 4 is 33.3 Å². The van der Waals surface area contributed by atoms with E-state index in [2.05, 4.69) is 20.4 Å². The highest BCUT2D eigenvalue weighted by Gasteiger charge is 2.18. The molecule has 0 aliphatic heterocycles. The maximum absolute atomic E-state index is 11.2. The third kappa shape index (κ3) is 2.45. The minimum absolute atomic E-state index is 0.283. The molecule has 108 valence electrons. The molecule has 7 nitrogen and oxygen atoms in total. The van der Waals surface area contributed by atoms with Gasteiger partial charge in [-0.3, -0.25) is 0 Å². The molecular formula is C13H12N4O3S. The van der Waals surface area contributed by atoms with Gasteiger partial charge in [0, 0.05) is 6.07 Å². The summed E-state index contributed by atoms with van der Waals surface area (Å²) < 4.78 is 5.00. The molecule has 3 aromatic heterocycles. The molecule has 0 bridgehead atoms. The first-order valence-electron chi connectivity index (χ1n) is 6.19. The number of nitrogens with zero attached hydrogens (tertiary/aromatic N) is 3. The lowest BCUT2D eigenvalue weighted by Gasteiger charge is -2.04. The minimum Gasteiger partial charge on any atom is -0.477 e. The standard InChI is InChI=1S/C13H12N4O3S/c1-6-3-8(17-20-6)4-14-11-9-7(2)10(13(18)19)21-12(9)16-5-15-11/h3,5H,4H2,1-2H3,(H,18,19)(H,14,15,16). The van der Waals surface area contributed by atoms with Crippen molar-refractivity contribution < 1.29 is 14.4 Å². The lowest BCUT2D eigenvalue weighted by molar-refractivity contribution is 0.0701. The second kappa shape index (κ2) is 5.13. The van der Waals surface area contributed by atoms with Crippen molar-refractivity contribution in [1.82, 2.24) is 15.1 Å². The molecule has 0 aromatic carbocycles. The number of carbonyl (C=O) groups is 1. The molecule has 0 aliphatic rings. The zero-order valence-corrected chi connectivity index (χ0v) is 12.2. The summed E-state index contributed by atoms with van der Waals surface area (Å²) in [6.07, 6.45) is 1.42. The molecule has 21 heavy (non-hydrogen) atoms. The van der Waals surface area contributed by atoms with Crippen LogP contribution in [0.2, 0.25) is 0 Å². The van der Waals surface area contributed by atoms with Crippen molar-refractivity contribution in [3.63, 3.8) is 0 Å². The fourth-order valence-electron chi connectivity index (χ4n) is 2.09. The number of aromatic nitrogens is 3. The molecule has 3 rings (SSSR count). The van der Waals surface area contributed by atoms with Crippen LogP contribution in [0.15, 0.2) is 16.9 Å². The van der Waals surface area contributed by atoms with Crippen LogP contribution in [-0.4, -0.2) is 26.2 Å². The van der Waals surface area contributed by atoms with Crippen LogP contribution < -0.4 is 5.32 Å². The Morgan fingerprint density at radius 3 is 2.90 bits per heavy atom. The smallest absolute Gasteiger partial charge is 0.346 e. The van der Waals surface area contributed by atoms with Crippen molar-refractivity contribution in [3.05, 3.63) is 34.3 Å². The molecule has 0 atom stereocenters. The Bertz CT molecular complexity index is 824. The Kier molecular flexibility index (Phi) is 3.30. The first kappa shape index (κ1) is 13.5. The van der Waals surface area contributed by atoms with Gasteiger partial charge >= 0.3 is 5.97 Å². The monoisotopic (exact) mass is 304 g/mol. The first-order valence-corrected chi connectivity index (χ1v) is 7.01. The molecular weight excluding hydrogens is 292 g/mol. The van der Waals surface area contributed by atoms with Gasteiger partial charge in [-0.1, -0.05) is 5.16 Å². The van der Waals surface area contributed by atoms with Crippen LogP contribution in [0, 0.1) is 13.8 Å². The molecule has 0 aliphatic carbocycles. The predicted octanol–water partition coefficient (Wildman–Crippen LogP) is 2.61. The lowest BCUT2D eigenvalue weighted by Crippen LogP contribution is -2.03. The summed E-state index contributed by atoms with van der Waals surface area (Å²) in [5.74, 6) is 0.384. The minimum atomic E-state index is -0.950. The number of carboxylic acids is 1. The highest BCUT2D eigenvalue weighted by Crippen LogP contribution is 2.33. The summed E-state index contributed by atoms with van der Waals surface area (Å²) in [7, 11) is 0. The average Bonchev–Trinajstić information content (AvgIpc) is 3.01. The van der Waals surface area contributed by atoms with Crippen LogP contribution in [-0.2, 0) is 6.54 Å². The molecule has 0 amide bonds. The van der Waals surface area contributed by atoms with Gasteiger partial charge in [-0.15, -0.1) is 11.3 Å². The number of carboxylic acid groups (broad SMARTS) is 1. The normalized spacial score (nSPS) is 11.0. The van der Waals surface area contributed by atoms with Gasteiger partial charge in [0.1, 0.15) is 33.3 Å². The van der Waals surface area contributed by atoms with E-state index in [9.17, 15) is 9.90 Å². The number of nitrogens with one attached hydrogen (secondary N) is 1. The number of aryl methyl sites for hydroxylation is 2. The van der Waals surface area contributed by atoms with Crippen LogP contribution in [0.5, 0.6) is 0 Å². The van der Waals surface area contributed by atoms with Crippen molar-refractivity contribution in [2.75, 3.05) is 5.32 Å². The molecule has 0 saturated carbocycles. The Balaban J connectivity index is 1.96. The van der Waals surface area contributed by atoms with E-state index >= 15 is 0 Å². The van der Waals surface area contributed by atoms with Crippen LogP contribution in [0.3, 0.4) is 0 Å². The maximum Gasteiger partial charge on any atom is 0.346 e. The number of thiophene rings is 1. The summed E-state index contributed by atoms with van der Waals surface area (Å²) in [4.78, 5) is 20.5. The van der Waals surface area contributed by atoms with Gasteiger partial charge in [0.25, 0.3) is 0 Å². The fourth-order valence-corrected chi connectivity index (χ4v) is 3.07. The largest absolute Gasteiger partial charge is 0.477 e. The highest BCUT2D eigenvalue weighted by molar-refractivity contribution is 7.20. The van der Waals surface area contributed by atoms with E-state index in [1.54, 1.807) is 6.92 Å². The van der Waals surface area contributed by atoms with E-state index in [4.69, 9.17) is 4.52 Å². The van der Waals surface area contributed by atoms with Crippen molar-refractivity contribution in [2.45, 2.75) is 20.4 Å². The SMILES string of the molecule is Cc1cc(CNc2ncnc3sc(C(=O)O)c(C)c23)no1. The summed E-state index contributed by atoms with van der Waals surface area (Å²) in [5.41, 5.74) is 1.42. The Labute approximate surface area is 123 Å². The second-order valence-electron chi connectivity index (χ2n) is 4.55. The van der Waals surface area contributed by atoms with Crippen LogP contribution >= 0.6 is 11.3 Å². The van der Waals surface area contributed by atoms with E-state index in [1.807, 2.05) is 13.0 Å². The number of aromatic carboxylic acids is 1.